The highest BCUT2D eigenvalue weighted by atomic mass is 16.4. The molecule has 23 heavy (non-hydrogen) atoms. The molecule has 1 amide bonds. The third-order valence-corrected chi connectivity index (χ3v) is 4.19. The van der Waals surface area contributed by atoms with E-state index in [-0.39, 0.29) is 17.4 Å². The van der Waals surface area contributed by atoms with Crippen molar-refractivity contribution in [1.82, 2.24) is 0 Å². The van der Waals surface area contributed by atoms with Gasteiger partial charge in [-0.25, -0.2) is 4.79 Å². The summed E-state index contributed by atoms with van der Waals surface area (Å²) in [5.41, 5.74) is 3.69. The second kappa shape index (κ2) is 5.88. The van der Waals surface area contributed by atoms with Gasteiger partial charge in [0.25, 0.3) is 0 Å². The van der Waals surface area contributed by atoms with Crippen molar-refractivity contribution in [2.75, 3.05) is 11.9 Å². The molecule has 1 aliphatic carbocycles. The van der Waals surface area contributed by atoms with Crippen LogP contribution in [0.25, 0.3) is 11.1 Å². The van der Waals surface area contributed by atoms with Gasteiger partial charge in [0, 0.05) is 18.7 Å². The van der Waals surface area contributed by atoms with Gasteiger partial charge < -0.3 is 10.0 Å². The first-order chi connectivity index (χ1) is 11.0. The molecule has 0 unspecified atom stereocenters. The van der Waals surface area contributed by atoms with Crippen LogP contribution in [0.4, 0.5) is 5.69 Å². The topological polar surface area (TPSA) is 57.6 Å². The van der Waals surface area contributed by atoms with Crippen molar-refractivity contribution < 1.29 is 14.7 Å². The number of benzene rings is 2. The molecule has 0 radical (unpaired) electrons. The minimum atomic E-state index is -0.993. The highest BCUT2D eigenvalue weighted by Gasteiger charge is 2.32. The maximum atomic E-state index is 12.3. The van der Waals surface area contributed by atoms with E-state index < -0.39 is 5.97 Å². The van der Waals surface area contributed by atoms with Gasteiger partial charge in [0.1, 0.15) is 0 Å². The number of carboxylic acid groups (broad SMARTS) is 1. The average molecular weight is 309 g/mol. The Morgan fingerprint density at radius 3 is 2.26 bits per heavy atom. The second-order valence-corrected chi connectivity index (χ2v) is 6.11. The first-order valence-electron chi connectivity index (χ1n) is 7.68. The van der Waals surface area contributed by atoms with Gasteiger partial charge in [0.05, 0.1) is 5.56 Å². The molecule has 4 heteroatoms. The summed E-state index contributed by atoms with van der Waals surface area (Å²) in [6, 6.07) is 13.0. The molecule has 0 spiro atoms. The number of carbonyl (C=O) groups is 2. The van der Waals surface area contributed by atoms with Crippen molar-refractivity contribution >= 4 is 17.6 Å². The number of nitrogens with zero attached hydrogens (tertiary/aromatic N) is 1. The van der Waals surface area contributed by atoms with E-state index in [0.717, 1.165) is 29.5 Å². The van der Waals surface area contributed by atoms with E-state index >= 15 is 0 Å². The van der Waals surface area contributed by atoms with E-state index in [9.17, 15) is 14.7 Å². The molecule has 0 saturated heterocycles. The van der Waals surface area contributed by atoms with Crippen molar-refractivity contribution in [1.29, 1.82) is 0 Å². The van der Waals surface area contributed by atoms with Crippen LogP contribution in [0.1, 0.15) is 28.8 Å². The molecule has 1 N–H and O–H groups in total. The summed E-state index contributed by atoms with van der Waals surface area (Å²) in [6.07, 6.45) is 1.85. The standard InChI is InChI=1S/C19H19NO3/c1-12-3-5-13(6-4-12)15-9-16(19(22)23)11-17(10-15)20(2)18(21)14-7-8-14/h3-6,9-11,14H,7-8H2,1-2H3,(H,22,23). The van der Waals surface area contributed by atoms with Crippen LogP contribution in [-0.4, -0.2) is 24.0 Å². The molecule has 2 aromatic rings. The SMILES string of the molecule is Cc1ccc(-c2cc(C(=O)O)cc(N(C)C(=O)C3CC3)c2)cc1. The normalized spacial score (nSPS) is 13.7. The lowest BCUT2D eigenvalue weighted by Gasteiger charge is -2.19. The molecular weight excluding hydrogens is 290 g/mol. The van der Waals surface area contributed by atoms with Crippen LogP contribution in [0.2, 0.25) is 0 Å². The second-order valence-electron chi connectivity index (χ2n) is 6.11. The average Bonchev–Trinajstić information content (AvgIpc) is 3.38. The Bertz CT molecular complexity index is 761. The van der Waals surface area contributed by atoms with Gasteiger partial charge >= 0.3 is 5.97 Å². The maximum absolute atomic E-state index is 12.3. The molecule has 0 aromatic heterocycles. The first-order valence-corrected chi connectivity index (χ1v) is 7.68. The van der Waals surface area contributed by atoms with Crippen LogP contribution in [-0.2, 0) is 4.79 Å². The Hall–Kier alpha value is -2.62. The first kappa shape index (κ1) is 15.3. The summed E-state index contributed by atoms with van der Waals surface area (Å²) in [4.78, 5) is 25.3. The molecule has 0 heterocycles. The Morgan fingerprint density at radius 2 is 1.70 bits per heavy atom. The van der Waals surface area contributed by atoms with Gasteiger partial charge in [-0.2, -0.15) is 0 Å². The zero-order valence-electron chi connectivity index (χ0n) is 13.2. The minimum absolute atomic E-state index is 0.0578. The number of aromatic carboxylic acids is 1. The summed E-state index contributed by atoms with van der Waals surface area (Å²) in [5.74, 6) is -0.841. The summed E-state index contributed by atoms with van der Waals surface area (Å²) >= 11 is 0. The monoisotopic (exact) mass is 309 g/mol. The van der Waals surface area contributed by atoms with Gasteiger partial charge in [-0.15, -0.1) is 0 Å². The van der Waals surface area contributed by atoms with Crippen molar-refractivity contribution in [3.05, 3.63) is 53.6 Å². The Morgan fingerprint density at radius 1 is 1.04 bits per heavy atom. The number of aryl methyl sites for hydroxylation is 1. The smallest absolute Gasteiger partial charge is 0.335 e. The Labute approximate surface area is 135 Å². The van der Waals surface area contributed by atoms with Gasteiger partial charge in [-0.05, 0) is 49.1 Å². The zero-order valence-corrected chi connectivity index (χ0v) is 13.2. The van der Waals surface area contributed by atoms with Crippen LogP contribution in [0, 0.1) is 12.8 Å². The minimum Gasteiger partial charge on any atom is -0.478 e. The number of hydrogen-bond donors (Lipinski definition) is 1. The van der Waals surface area contributed by atoms with Crippen LogP contribution in [0.3, 0.4) is 0 Å². The third kappa shape index (κ3) is 3.26. The molecule has 1 saturated carbocycles. The van der Waals surface area contributed by atoms with Gasteiger partial charge in [-0.1, -0.05) is 29.8 Å². The highest BCUT2D eigenvalue weighted by Crippen LogP contribution is 2.33. The highest BCUT2D eigenvalue weighted by molar-refractivity contribution is 5.98. The predicted molar refractivity (Wildman–Crippen MR) is 89.7 cm³/mol. The van der Waals surface area contributed by atoms with Crippen LogP contribution in [0.5, 0.6) is 0 Å². The van der Waals surface area contributed by atoms with Crippen LogP contribution < -0.4 is 4.90 Å². The number of anilines is 1. The van der Waals surface area contributed by atoms with Gasteiger partial charge in [0.15, 0.2) is 0 Å². The molecule has 1 aliphatic rings. The fourth-order valence-electron chi connectivity index (χ4n) is 2.57. The molecule has 2 aromatic carbocycles. The van der Waals surface area contributed by atoms with E-state index in [4.69, 9.17) is 0 Å². The fourth-order valence-corrected chi connectivity index (χ4v) is 2.57. The van der Waals surface area contributed by atoms with Gasteiger partial charge in [0.2, 0.25) is 5.91 Å². The Kier molecular flexibility index (Phi) is 3.90. The molecular formula is C19H19NO3. The van der Waals surface area contributed by atoms with Crippen molar-refractivity contribution in [2.24, 2.45) is 5.92 Å². The van der Waals surface area contributed by atoms with Crippen molar-refractivity contribution in [3.8, 4) is 11.1 Å². The molecule has 1 fully saturated rings. The molecule has 0 atom stereocenters. The fraction of sp³-hybridized carbons (Fsp3) is 0.263. The molecule has 118 valence electrons. The number of carbonyl (C=O) groups excluding carboxylic acids is 1. The van der Waals surface area contributed by atoms with E-state index in [1.807, 2.05) is 37.3 Å². The Balaban J connectivity index is 2.03. The van der Waals surface area contributed by atoms with E-state index in [1.54, 1.807) is 24.1 Å². The third-order valence-electron chi connectivity index (χ3n) is 4.19. The lowest BCUT2D eigenvalue weighted by atomic mass is 10.0. The number of hydrogen-bond acceptors (Lipinski definition) is 2. The molecule has 3 rings (SSSR count). The van der Waals surface area contributed by atoms with E-state index in [1.165, 1.54) is 0 Å². The number of rotatable bonds is 4. The van der Waals surface area contributed by atoms with E-state index in [0.29, 0.717) is 5.69 Å². The van der Waals surface area contributed by atoms with Crippen LogP contribution in [0.15, 0.2) is 42.5 Å². The molecule has 0 bridgehead atoms. The number of carboxylic acids is 1. The quantitative estimate of drug-likeness (QED) is 0.936. The summed E-state index contributed by atoms with van der Waals surface area (Å²) < 4.78 is 0. The number of amides is 1. The zero-order chi connectivity index (χ0) is 16.6. The largest absolute Gasteiger partial charge is 0.478 e. The maximum Gasteiger partial charge on any atom is 0.335 e. The summed E-state index contributed by atoms with van der Waals surface area (Å²) in [5, 5.41) is 9.36. The summed E-state index contributed by atoms with van der Waals surface area (Å²) in [7, 11) is 1.71. The van der Waals surface area contributed by atoms with Crippen LogP contribution >= 0.6 is 0 Å². The molecule has 0 aliphatic heterocycles. The van der Waals surface area contributed by atoms with Crippen molar-refractivity contribution in [2.45, 2.75) is 19.8 Å². The lowest BCUT2D eigenvalue weighted by molar-refractivity contribution is -0.119. The lowest BCUT2D eigenvalue weighted by Crippen LogP contribution is -2.27. The van der Waals surface area contributed by atoms with Gasteiger partial charge in [-0.3, -0.25) is 4.79 Å². The molecule has 4 nitrogen and oxygen atoms in total. The predicted octanol–water partition coefficient (Wildman–Crippen LogP) is 3.73. The van der Waals surface area contributed by atoms with E-state index in [2.05, 4.69) is 0 Å². The van der Waals surface area contributed by atoms with Crippen molar-refractivity contribution in [3.63, 3.8) is 0 Å². The summed E-state index contributed by atoms with van der Waals surface area (Å²) in [6.45, 7) is 2.00.